The topological polar surface area (TPSA) is 98.3 Å². The lowest BCUT2D eigenvalue weighted by Crippen LogP contribution is -2.52. The molecule has 1 aromatic carbocycles. The van der Waals surface area contributed by atoms with Crippen LogP contribution in [0.5, 0.6) is 5.75 Å². The maximum Gasteiger partial charge on any atom is 0.350 e. The number of aliphatic hydroxyl groups is 1. The number of methoxy groups -OCH3 is 1. The molecule has 0 fully saturated rings. The van der Waals surface area contributed by atoms with Gasteiger partial charge in [-0.15, -0.1) is 0 Å². The number of likely N-dealkylation sites (N-methyl/N-ethyl adjacent to an activating group) is 1. The molecule has 0 saturated heterocycles. The Balaban J connectivity index is 2.62. The highest BCUT2D eigenvalue weighted by molar-refractivity contribution is 5.97. The van der Waals surface area contributed by atoms with Gasteiger partial charge in [-0.3, -0.25) is 9.36 Å². The van der Waals surface area contributed by atoms with E-state index in [4.69, 9.17) is 9.57 Å². The second kappa shape index (κ2) is 11.5. The molecule has 1 N–H and O–H groups in total. The third-order valence-corrected chi connectivity index (χ3v) is 4.79. The molecule has 0 spiro atoms. The van der Waals surface area contributed by atoms with Crippen LogP contribution in [0.15, 0.2) is 51.3 Å². The number of hydrogen-bond donors (Lipinski definition) is 1. The van der Waals surface area contributed by atoms with Crippen LogP contribution in [0, 0.1) is 5.82 Å². The third-order valence-electron chi connectivity index (χ3n) is 4.79. The van der Waals surface area contributed by atoms with Gasteiger partial charge >= 0.3 is 5.69 Å². The second-order valence-electron chi connectivity index (χ2n) is 7.74. The maximum atomic E-state index is 13.8. The first-order valence-corrected chi connectivity index (χ1v) is 10.5. The number of hydrogen-bond acceptors (Lipinski definition) is 7. The van der Waals surface area contributed by atoms with E-state index in [-0.39, 0.29) is 35.2 Å². The number of aromatic nitrogens is 2. The van der Waals surface area contributed by atoms with Crippen molar-refractivity contribution in [3.63, 3.8) is 0 Å². The molecule has 1 atom stereocenters. The minimum Gasteiger partial charge on any atom is -0.496 e. The molecule has 33 heavy (non-hydrogen) atoms. The Kier molecular flexibility index (Phi) is 8.98. The molecule has 9 nitrogen and oxygen atoms in total. The second-order valence-corrected chi connectivity index (χ2v) is 7.74. The number of rotatable bonds is 10. The third kappa shape index (κ3) is 6.32. The summed E-state index contributed by atoms with van der Waals surface area (Å²) in [6.45, 7) is 7.06. The van der Waals surface area contributed by atoms with E-state index in [2.05, 4.69) is 5.16 Å². The van der Waals surface area contributed by atoms with Crippen LogP contribution in [0.1, 0.15) is 44.9 Å². The first-order valence-electron chi connectivity index (χ1n) is 10.5. The van der Waals surface area contributed by atoms with Gasteiger partial charge in [0.1, 0.15) is 23.8 Å². The van der Waals surface area contributed by atoms with Gasteiger partial charge in [-0.05, 0) is 45.9 Å². The average molecular weight is 463 g/mol. The molecule has 0 amide bonds. The molecule has 0 bridgehead atoms. The van der Waals surface area contributed by atoms with E-state index in [0.29, 0.717) is 6.54 Å². The number of nitrogens with zero attached hydrogens (tertiary/aromatic N) is 4. The number of benzene rings is 1. The van der Waals surface area contributed by atoms with Gasteiger partial charge in [-0.2, -0.15) is 4.68 Å². The SMILES string of the molecule is C/C=C/CN(C)n1c(=O)c(/C(C)=N/OC(C)C)cn(CC(O)c2cc(F)ccc2OC)c1=O. The summed E-state index contributed by atoms with van der Waals surface area (Å²) in [5, 5.41) is 16.2. The Morgan fingerprint density at radius 2 is 2.03 bits per heavy atom. The van der Waals surface area contributed by atoms with E-state index >= 15 is 0 Å². The lowest BCUT2D eigenvalue weighted by molar-refractivity contribution is 0.0859. The van der Waals surface area contributed by atoms with Crippen LogP contribution in [-0.4, -0.2) is 46.9 Å². The van der Waals surface area contributed by atoms with Crippen molar-refractivity contribution in [3.05, 3.63) is 74.3 Å². The Bertz CT molecular complexity index is 1140. The van der Waals surface area contributed by atoms with Crippen molar-refractivity contribution in [1.82, 2.24) is 9.24 Å². The molecule has 0 saturated carbocycles. The lowest BCUT2D eigenvalue weighted by atomic mass is 10.1. The number of aliphatic hydroxyl groups excluding tert-OH is 1. The van der Waals surface area contributed by atoms with Gasteiger partial charge in [0.05, 0.1) is 31.5 Å². The van der Waals surface area contributed by atoms with Crippen LogP contribution in [-0.2, 0) is 11.4 Å². The van der Waals surface area contributed by atoms with Crippen LogP contribution in [0.4, 0.5) is 4.39 Å². The Labute approximate surface area is 191 Å². The molecule has 1 aromatic heterocycles. The van der Waals surface area contributed by atoms with E-state index < -0.39 is 23.2 Å². The summed E-state index contributed by atoms with van der Waals surface area (Å²) in [6.07, 6.45) is 3.43. The van der Waals surface area contributed by atoms with Crippen molar-refractivity contribution in [2.45, 2.75) is 46.4 Å². The summed E-state index contributed by atoms with van der Waals surface area (Å²) in [5.74, 6) is -0.276. The van der Waals surface area contributed by atoms with Crippen LogP contribution < -0.4 is 21.0 Å². The van der Waals surface area contributed by atoms with E-state index in [9.17, 15) is 19.1 Å². The summed E-state index contributed by atoms with van der Waals surface area (Å²) in [4.78, 5) is 31.6. The molecular formula is C23H31FN4O5. The van der Waals surface area contributed by atoms with Crippen LogP contribution in [0.3, 0.4) is 0 Å². The molecule has 1 unspecified atom stereocenters. The van der Waals surface area contributed by atoms with Gasteiger partial charge in [-0.25, -0.2) is 9.18 Å². The summed E-state index contributed by atoms with van der Waals surface area (Å²) in [5.41, 5.74) is -0.661. The fraction of sp³-hybridized carbons (Fsp3) is 0.435. The van der Waals surface area contributed by atoms with Crippen molar-refractivity contribution in [2.24, 2.45) is 5.16 Å². The molecule has 0 radical (unpaired) electrons. The van der Waals surface area contributed by atoms with Gasteiger partial charge in [0.15, 0.2) is 0 Å². The zero-order valence-electron chi connectivity index (χ0n) is 19.8. The first-order chi connectivity index (χ1) is 15.6. The van der Waals surface area contributed by atoms with Gasteiger partial charge in [0, 0.05) is 18.8 Å². The van der Waals surface area contributed by atoms with E-state index in [1.807, 2.05) is 6.92 Å². The highest BCUT2D eigenvalue weighted by atomic mass is 19.1. The summed E-state index contributed by atoms with van der Waals surface area (Å²) >= 11 is 0. The number of oxime groups is 1. The van der Waals surface area contributed by atoms with Crippen LogP contribution >= 0.6 is 0 Å². The number of allylic oxidation sites excluding steroid dienone is 1. The average Bonchev–Trinajstić information content (AvgIpc) is 2.77. The van der Waals surface area contributed by atoms with E-state index in [1.54, 1.807) is 40.0 Å². The molecule has 2 rings (SSSR count). The molecule has 0 aliphatic rings. The van der Waals surface area contributed by atoms with Crippen molar-refractivity contribution >= 4 is 5.71 Å². The molecule has 0 aliphatic heterocycles. The predicted octanol–water partition coefficient (Wildman–Crippen LogP) is 2.18. The highest BCUT2D eigenvalue weighted by Crippen LogP contribution is 2.26. The molecule has 0 aliphatic carbocycles. The molecule has 180 valence electrons. The van der Waals surface area contributed by atoms with Gasteiger partial charge in [0.25, 0.3) is 5.56 Å². The zero-order valence-corrected chi connectivity index (χ0v) is 19.8. The van der Waals surface area contributed by atoms with Crippen molar-refractivity contribution in [2.75, 3.05) is 25.7 Å². The summed E-state index contributed by atoms with van der Waals surface area (Å²) in [6, 6.07) is 3.75. The van der Waals surface area contributed by atoms with Crippen molar-refractivity contribution in [3.8, 4) is 5.75 Å². The van der Waals surface area contributed by atoms with Crippen LogP contribution in [0.25, 0.3) is 0 Å². The summed E-state index contributed by atoms with van der Waals surface area (Å²) < 4.78 is 21.2. The van der Waals surface area contributed by atoms with Crippen LogP contribution in [0.2, 0.25) is 0 Å². The Morgan fingerprint density at radius 3 is 2.64 bits per heavy atom. The zero-order chi connectivity index (χ0) is 24.7. The molecule has 10 heteroatoms. The molecule has 2 aromatic rings. The smallest absolute Gasteiger partial charge is 0.350 e. The first kappa shape index (κ1) is 25.9. The van der Waals surface area contributed by atoms with E-state index in [1.165, 1.54) is 35.0 Å². The monoisotopic (exact) mass is 462 g/mol. The predicted molar refractivity (Wildman–Crippen MR) is 125 cm³/mol. The maximum absolute atomic E-state index is 13.8. The Morgan fingerprint density at radius 1 is 1.33 bits per heavy atom. The minimum absolute atomic E-state index is 0.126. The Hall–Kier alpha value is -3.40. The highest BCUT2D eigenvalue weighted by Gasteiger charge is 2.21. The normalized spacial score (nSPS) is 12.9. The minimum atomic E-state index is -1.28. The molecule has 1 heterocycles. The fourth-order valence-electron chi connectivity index (χ4n) is 3.09. The lowest BCUT2D eigenvalue weighted by Gasteiger charge is -2.23. The largest absolute Gasteiger partial charge is 0.496 e. The van der Waals surface area contributed by atoms with E-state index in [0.717, 1.165) is 10.7 Å². The quantitative estimate of drug-likeness (QED) is 0.330. The summed E-state index contributed by atoms with van der Waals surface area (Å²) in [7, 11) is 3.00. The van der Waals surface area contributed by atoms with Crippen molar-refractivity contribution in [1.29, 1.82) is 0 Å². The standard InChI is InChI=1S/C23H31FN4O5/c1-7-8-11-26(5)28-22(30)19(16(4)25-33-15(2)3)13-27(23(28)31)14-20(29)18-12-17(24)9-10-21(18)32-6/h7-10,12-13,15,20,29H,11,14H2,1-6H3/b8-7+,25-16+. The number of halogens is 1. The van der Waals surface area contributed by atoms with Crippen molar-refractivity contribution < 1.29 is 19.1 Å². The van der Waals surface area contributed by atoms with Gasteiger partial charge < -0.3 is 19.7 Å². The molecular weight excluding hydrogens is 431 g/mol. The fourth-order valence-corrected chi connectivity index (χ4v) is 3.09. The van der Waals surface area contributed by atoms with Gasteiger partial charge in [0.2, 0.25) is 0 Å². The number of ether oxygens (including phenoxy) is 1. The van der Waals surface area contributed by atoms with Gasteiger partial charge in [-0.1, -0.05) is 17.3 Å².